The van der Waals surface area contributed by atoms with Gasteiger partial charge in [-0.2, -0.15) is 5.10 Å². The van der Waals surface area contributed by atoms with Gasteiger partial charge in [-0.1, -0.05) is 26.8 Å². The molecule has 3 heterocycles. The van der Waals surface area contributed by atoms with Crippen LogP contribution in [-0.2, 0) is 12.5 Å². The Hall–Kier alpha value is -1.95. The van der Waals surface area contributed by atoms with Gasteiger partial charge in [-0.3, -0.25) is 14.3 Å². The van der Waals surface area contributed by atoms with E-state index >= 15 is 0 Å². The molecule has 5 nitrogen and oxygen atoms in total. The first-order valence-corrected chi connectivity index (χ1v) is 9.57. The Labute approximate surface area is 152 Å². The molecule has 0 unspecified atom stereocenters. The molecule has 2 aromatic heterocycles. The van der Waals surface area contributed by atoms with Gasteiger partial charge in [0.15, 0.2) is 5.78 Å². The minimum absolute atomic E-state index is 0.0332. The summed E-state index contributed by atoms with van der Waals surface area (Å²) < 4.78 is 1.66. The summed E-state index contributed by atoms with van der Waals surface area (Å²) in [5.41, 5.74) is 1.39. The number of aromatic nitrogens is 2. The number of hydrogen-bond acceptors (Lipinski definition) is 4. The van der Waals surface area contributed by atoms with Crippen LogP contribution in [0.5, 0.6) is 0 Å². The van der Waals surface area contributed by atoms with E-state index in [0.29, 0.717) is 18.8 Å². The number of thiophene rings is 1. The van der Waals surface area contributed by atoms with E-state index in [1.54, 1.807) is 11.7 Å². The van der Waals surface area contributed by atoms with Crippen LogP contribution in [0.4, 0.5) is 0 Å². The summed E-state index contributed by atoms with van der Waals surface area (Å²) in [7, 11) is 1.81. The Morgan fingerprint density at radius 3 is 2.68 bits per heavy atom. The molecule has 0 saturated carbocycles. The van der Waals surface area contributed by atoms with E-state index in [-0.39, 0.29) is 23.0 Å². The van der Waals surface area contributed by atoms with Crippen molar-refractivity contribution in [1.82, 2.24) is 14.7 Å². The summed E-state index contributed by atoms with van der Waals surface area (Å²) in [5.74, 6) is 0.0220. The molecule has 134 valence electrons. The Morgan fingerprint density at radius 1 is 1.32 bits per heavy atom. The highest BCUT2D eigenvalue weighted by atomic mass is 32.1. The number of amides is 1. The molecule has 3 rings (SSSR count). The maximum absolute atomic E-state index is 13.0. The third-order valence-electron chi connectivity index (χ3n) is 4.71. The molecule has 1 aliphatic rings. The maximum Gasteiger partial charge on any atom is 0.272 e. The van der Waals surface area contributed by atoms with Crippen molar-refractivity contribution in [2.24, 2.45) is 13.0 Å². The highest BCUT2D eigenvalue weighted by molar-refractivity contribution is 7.12. The Kier molecular flexibility index (Phi) is 4.82. The lowest BCUT2D eigenvalue weighted by atomic mass is 9.91. The molecule has 1 amide bonds. The third-order valence-corrected chi connectivity index (χ3v) is 5.60. The number of carbonyl (C=O) groups excluding carboxylic acids is 2. The molecule has 0 bridgehead atoms. The summed E-state index contributed by atoms with van der Waals surface area (Å²) in [6.45, 7) is 7.44. The van der Waals surface area contributed by atoms with Crippen molar-refractivity contribution >= 4 is 23.0 Å². The Morgan fingerprint density at radius 2 is 2.08 bits per heavy atom. The van der Waals surface area contributed by atoms with Crippen LogP contribution in [0.2, 0.25) is 0 Å². The molecule has 0 spiro atoms. The normalized spacial score (nSPS) is 18.4. The fraction of sp³-hybridized carbons (Fsp3) is 0.526. The lowest BCUT2D eigenvalue weighted by Gasteiger charge is -2.31. The predicted octanol–water partition coefficient (Wildman–Crippen LogP) is 3.51. The second-order valence-electron chi connectivity index (χ2n) is 7.72. The van der Waals surface area contributed by atoms with E-state index in [1.807, 2.05) is 28.5 Å². The summed E-state index contributed by atoms with van der Waals surface area (Å²) >= 11 is 1.47. The first kappa shape index (κ1) is 17.9. The molecular weight excluding hydrogens is 334 g/mol. The number of piperidine rings is 1. The zero-order chi connectivity index (χ0) is 18.2. The number of Topliss-reactive ketones (excluding diaryl/α,β-unsaturated/α-hetero) is 1. The van der Waals surface area contributed by atoms with E-state index in [0.717, 1.165) is 23.4 Å². The van der Waals surface area contributed by atoms with Crippen LogP contribution in [0, 0.1) is 5.92 Å². The lowest BCUT2D eigenvalue weighted by molar-refractivity contribution is 0.0629. The van der Waals surface area contributed by atoms with Gasteiger partial charge in [0.2, 0.25) is 0 Å². The van der Waals surface area contributed by atoms with Crippen LogP contribution in [0.3, 0.4) is 0 Å². The summed E-state index contributed by atoms with van der Waals surface area (Å²) in [5, 5.41) is 6.42. The van der Waals surface area contributed by atoms with E-state index in [1.165, 1.54) is 11.3 Å². The van der Waals surface area contributed by atoms with Crippen LogP contribution in [0.1, 0.15) is 59.5 Å². The average Bonchev–Trinajstić information content (AvgIpc) is 3.22. The van der Waals surface area contributed by atoms with Crippen LogP contribution in [0.25, 0.3) is 0 Å². The van der Waals surface area contributed by atoms with Crippen LogP contribution >= 0.6 is 11.3 Å². The molecule has 0 radical (unpaired) electrons. The number of aryl methyl sites for hydroxylation is 1. The smallest absolute Gasteiger partial charge is 0.272 e. The molecule has 2 aromatic rings. The lowest BCUT2D eigenvalue weighted by Crippen LogP contribution is -2.42. The molecular formula is C19H25N3O2S. The second-order valence-corrected chi connectivity index (χ2v) is 8.67. The number of nitrogens with zero attached hydrogens (tertiary/aromatic N) is 3. The van der Waals surface area contributed by atoms with Gasteiger partial charge < -0.3 is 4.90 Å². The average molecular weight is 359 g/mol. The van der Waals surface area contributed by atoms with Gasteiger partial charge in [-0.05, 0) is 30.4 Å². The van der Waals surface area contributed by atoms with Crippen molar-refractivity contribution in [2.75, 3.05) is 13.1 Å². The summed E-state index contributed by atoms with van der Waals surface area (Å²) in [4.78, 5) is 28.2. The maximum atomic E-state index is 13.0. The van der Waals surface area contributed by atoms with Crippen molar-refractivity contribution in [2.45, 2.75) is 39.0 Å². The van der Waals surface area contributed by atoms with E-state index < -0.39 is 0 Å². The van der Waals surface area contributed by atoms with Crippen molar-refractivity contribution in [3.8, 4) is 0 Å². The fourth-order valence-electron chi connectivity index (χ4n) is 3.19. The van der Waals surface area contributed by atoms with E-state index in [2.05, 4.69) is 25.9 Å². The first-order chi connectivity index (χ1) is 11.8. The van der Waals surface area contributed by atoms with Gasteiger partial charge in [-0.25, -0.2) is 0 Å². The largest absolute Gasteiger partial charge is 0.337 e. The quantitative estimate of drug-likeness (QED) is 0.788. The highest BCUT2D eigenvalue weighted by Gasteiger charge is 2.31. The predicted molar refractivity (Wildman–Crippen MR) is 99.2 cm³/mol. The van der Waals surface area contributed by atoms with Crippen molar-refractivity contribution in [3.63, 3.8) is 0 Å². The van der Waals surface area contributed by atoms with E-state index in [9.17, 15) is 9.59 Å². The number of carbonyl (C=O) groups is 2. The highest BCUT2D eigenvalue weighted by Crippen LogP contribution is 2.26. The molecule has 1 atom stereocenters. The molecule has 0 aliphatic carbocycles. The first-order valence-electron chi connectivity index (χ1n) is 8.69. The molecule has 1 saturated heterocycles. The molecule has 0 N–H and O–H groups in total. The number of rotatable bonds is 3. The summed E-state index contributed by atoms with van der Waals surface area (Å²) in [6.07, 6.45) is 1.71. The minimum atomic E-state index is -0.105. The third kappa shape index (κ3) is 3.68. The Bertz CT molecular complexity index is 771. The molecule has 0 aromatic carbocycles. The number of ketones is 1. The van der Waals surface area contributed by atoms with Gasteiger partial charge in [0, 0.05) is 31.5 Å². The van der Waals surface area contributed by atoms with Gasteiger partial charge in [0.1, 0.15) is 5.69 Å². The molecule has 1 fully saturated rings. The topological polar surface area (TPSA) is 55.2 Å². The van der Waals surface area contributed by atoms with Gasteiger partial charge in [0.25, 0.3) is 5.91 Å². The zero-order valence-electron chi connectivity index (χ0n) is 15.3. The van der Waals surface area contributed by atoms with Crippen LogP contribution in [-0.4, -0.2) is 39.5 Å². The van der Waals surface area contributed by atoms with Crippen molar-refractivity contribution in [1.29, 1.82) is 0 Å². The van der Waals surface area contributed by atoms with Gasteiger partial charge in [0.05, 0.1) is 10.6 Å². The second kappa shape index (κ2) is 6.75. The van der Waals surface area contributed by atoms with Gasteiger partial charge >= 0.3 is 0 Å². The van der Waals surface area contributed by atoms with Crippen molar-refractivity contribution in [3.05, 3.63) is 39.8 Å². The zero-order valence-corrected chi connectivity index (χ0v) is 16.1. The molecule has 1 aliphatic heterocycles. The van der Waals surface area contributed by atoms with Gasteiger partial charge in [-0.15, -0.1) is 11.3 Å². The summed E-state index contributed by atoms with van der Waals surface area (Å²) in [6, 6.07) is 5.64. The standard InChI is InChI=1S/C19H25N3O2S/c1-19(2,3)16-11-14(21(4)20-16)18(24)22-9-5-7-13(12-22)17(23)15-8-6-10-25-15/h6,8,10-11,13H,5,7,9,12H2,1-4H3/t13-/m0/s1. The van der Waals surface area contributed by atoms with E-state index in [4.69, 9.17) is 0 Å². The van der Waals surface area contributed by atoms with Crippen molar-refractivity contribution < 1.29 is 9.59 Å². The van der Waals surface area contributed by atoms with Crippen LogP contribution < -0.4 is 0 Å². The monoisotopic (exact) mass is 359 g/mol. The Balaban J connectivity index is 1.76. The number of likely N-dealkylation sites (tertiary alicyclic amines) is 1. The fourth-order valence-corrected chi connectivity index (χ4v) is 3.94. The number of hydrogen-bond donors (Lipinski definition) is 0. The molecule has 6 heteroatoms. The minimum Gasteiger partial charge on any atom is -0.337 e. The molecule has 25 heavy (non-hydrogen) atoms. The SMILES string of the molecule is Cn1nc(C(C)(C)C)cc1C(=O)N1CCC[C@H](C(=O)c2cccs2)C1. The van der Waals surface area contributed by atoms with Crippen LogP contribution in [0.15, 0.2) is 23.6 Å².